The van der Waals surface area contributed by atoms with Crippen molar-refractivity contribution in [2.75, 3.05) is 5.75 Å². The lowest BCUT2D eigenvalue weighted by Crippen LogP contribution is -2.14. The highest BCUT2D eigenvalue weighted by Crippen LogP contribution is 2.26. The number of nitrogens with zero attached hydrogens (tertiary/aromatic N) is 2. The minimum atomic E-state index is -0.363. The highest BCUT2D eigenvalue weighted by Gasteiger charge is 2.14. The molecular weight excluding hydrogens is 290 g/mol. The Bertz CT molecular complexity index is 669. The van der Waals surface area contributed by atoms with Gasteiger partial charge in [0.1, 0.15) is 17.3 Å². The summed E-state index contributed by atoms with van der Waals surface area (Å²) in [6, 6.07) is 5.70. The van der Waals surface area contributed by atoms with E-state index >= 15 is 0 Å². The van der Waals surface area contributed by atoms with Crippen LogP contribution in [0.2, 0.25) is 0 Å². The molecule has 2 aromatic heterocycles. The molecule has 1 N–H and O–H groups in total. The quantitative estimate of drug-likeness (QED) is 0.678. The molecule has 0 amide bonds. The van der Waals surface area contributed by atoms with Crippen molar-refractivity contribution >= 4 is 23.1 Å². The van der Waals surface area contributed by atoms with E-state index in [9.17, 15) is 4.79 Å². The monoisotopic (exact) mass is 305 g/mol. The highest BCUT2D eigenvalue weighted by atomic mass is 32.2. The molecule has 0 aromatic carbocycles. The molecule has 20 heavy (non-hydrogen) atoms. The number of thioether (sulfide) groups is 1. The van der Waals surface area contributed by atoms with Crippen LogP contribution in [0.4, 0.5) is 0 Å². The summed E-state index contributed by atoms with van der Waals surface area (Å²) in [5, 5.41) is 11.6. The van der Waals surface area contributed by atoms with Crippen LogP contribution in [-0.4, -0.2) is 15.7 Å². The largest absolute Gasteiger partial charge is 0.300 e. The molecule has 4 nitrogen and oxygen atoms in total. The van der Waals surface area contributed by atoms with Crippen LogP contribution in [0, 0.1) is 17.2 Å². The Morgan fingerprint density at radius 1 is 1.55 bits per heavy atom. The zero-order chi connectivity index (χ0) is 14.5. The number of hydrogen-bond donors (Lipinski definition) is 1. The molecule has 6 heteroatoms. The zero-order valence-electron chi connectivity index (χ0n) is 11.3. The number of nitriles is 1. The van der Waals surface area contributed by atoms with E-state index in [-0.39, 0.29) is 11.1 Å². The van der Waals surface area contributed by atoms with Crippen molar-refractivity contribution in [1.29, 1.82) is 5.26 Å². The van der Waals surface area contributed by atoms with Crippen molar-refractivity contribution in [2.45, 2.75) is 25.4 Å². The minimum absolute atomic E-state index is 0.0839. The lowest BCUT2D eigenvalue weighted by molar-refractivity contribution is 0.631. The standard InChI is InChI=1S/C14H15N3OS2/c1-9(2)5-7-20-14-16-12(11-4-3-6-19-11)10(8-15)13(18)17-14/h3-4,6,9H,5,7H2,1-2H3,(H,16,17,18). The summed E-state index contributed by atoms with van der Waals surface area (Å²) in [5.74, 6) is 1.51. The first-order valence-corrected chi connectivity index (χ1v) is 8.19. The van der Waals surface area contributed by atoms with Gasteiger partial charge in [-0.1, -0.05) is 31.7 Å². The molecular formula is C14H15N3OS2. The number of H-pyrrole nitrogens is 1. The van der Waals surface area contributed by atoms with Gasteiger partial charge in [0.15, 0.2) is 5.16 Å². The lowest BCUT2D eigenvalue weighted by atomic mass is 10.2. The van der Waals surface area contributed by atoms with Gasteiger partial charge in [0.05, 0.1) is 4.88 Å². The van der Waals surface area contributed by atoms with E-state index in [1.807, 2.05) is 23.6 Å². The average Bonchev–Trinajstić information content (AvgIpc) is 2.91. The van der Waals surface area contributed by atoms with Gasteiger partial charge in [-0.2, -0.15) is 5.26 Å². The van der Waals surface area contributed by atoms with Gasteiger partial charge in [0.2, 0.25) is 0 Å². The van der Waals surface area contributed by atoms with E-state index in [1.54, 1.807) is 0 Å². The molecule has 0 radical (unpaired) electrons. The first-order valence-electron chi connectivity index (χ1n) is 6.33. The zero-order valence-corrected chi connectivity index (χ0v) is 13.0. The van der Waals surface area contributed by atoms with E-state index < -0.39 is 0 Å². The summed E-state index contributed by atoms with van der Waals surface area (Å²) < 4.78 is 0. The van der Waals surface area contributed by atoms with Crippen LogP contribution in [0.3, 0.4) is 0 Å². The summed E-state index contributed by atoms with van der Waals surface area (Å²) in [7, 11) is 0. The van der Waals surface area contributed by atoms with E-state index in [1.165, 1.54) is 23.1 Å². The maximum Gasteiger partial charge on any atom is 0.270 e. The van der Waals surface area contributed by atoms with Crippen molar-refractivity contribution < 1.29 is 0 Å². The predicted molar refractivity (Wildman–Crippen MR) is 83.1 cm³/mol. The van der Waals surface area contributed by atoms with Gasteiger partial charge in [0.25, 0.3) is 5.56 Å². The Morgan fingerprint density at radius 2 is 2.35 bits per heavy atom. The second-order valence-electron chi connectivity index (χ2n) is 4.71. The second-order valence-corrected chi connectivity index (χ2v) is 6.75. The van der Waals surface area contributed by atoms with Crippen LogP contribution in [0.1, 0.15) is 25.8 Å². The molecule has 0 aliphatic heterocycles. The first-order chi connectivity index (χ1) is 9.61. The fourth-order valence-corrected chi connectivity index (χ4v) is 3.43. The Kier molecular flexibility index (Phi) is 4.99. The van der Waals surface area contributed by atoms with E-state index in [0.29, 0.717) is 16.8 Å². The first kappa shape index (κ1) is 14.8. The minimum Gasteiger partial charge on any atom is -0.300 e. The van der Waals surface area contributed by atoms with Crippen LogP contribution in [0.15, 0.2) is 27.5 Å². The van der Waals surface area contributed by atoms with E-state index in [2.05, 4.69) is 23.8 Å². The smallest absolute Gasteiger partial charge is 0.270 e. The Labute approximate surface area is 125 Å². The third kappa shape index (κ3) is 3.50. The van der Waals surface area contributed by atoms with Gasteiger partial charge < -0.3 is 4.98 Å². The summed E-state index contributed by atoms with van der Waals surface area (Å²) in [6.45, 7) is 4.32. The predicted octanol–water partition coefficient (Wildman–Crippen LogP) is 3.51. The number of aromatic amines is 1. The van der Waals surface area contributed by atoms with Crippen LogP contribution >= 0.6 is 23.1 Å². The normalized spacial score (nSPS) is 10.7. The molecule has 0 aliphatic carbocycles. The average molecular weight is 305 g/mol. The van der Waals surface area contributed by atoms with E-state index in [0.717, 1.165) is 17.1 Å². The third-order valence-corrected chi connectivity index (χ3v) is 4.48. The van der Waals surface area contributed by atoms with Gasteiger partial charge >= 0.3 is 0 Å². The molecule has 2 rings (SSSR count). The van der Waals surface area contributed by atoms with Crippen LogP contribution in [0.5, 0.6) is 0 Å². The van der Waals surface area contributed by atoms with Crippen LogP contribution < -0.4 is 5.56 Å². The molecule has 0 unspecified atom stereocenters. The molecule has 0 aliphatic rings. The summed E-state index contributed by atoms with van der Waals surface area (Å²) >= 11 is 3.00. The molecule has 0 atom stereocenters. The molecule has 2 heterocycles. The van der Waals surface area contributed by atoms with Gasteiger partial charge in [-0.25, -0.2) is 4.98 Å². The van der Waals surface area contributed by atoms with Gasteiger partial charge in [0, 0.05) is 5.75 Å². The van der Waals surface area contributed by atoms with Gasteiger partial charge in [-0.3, -0.25) is 4.79 Å². The number of hydrogen-bond acceptors (Lipinski definition) is 5. The van der Waals surface area contributed by atoms with Gasteiger partial charge in [-0.05, 0) is 23.8 Å². The van der Waals surface area contributed by atoms with Crippen LogP contribution in [-0.2, 0) is 0 Å². The third-order valence-electron chi connectivity index (χ3n) is 2.70. The molecule has 0 saturated carbocycles. The van der Waals surface area contributed by atoms with Crippen molar-refractivity contribution in [3.8, 4) is 16.6 Å². The summed E-state index contributed by atoms with van der Waals surface area (Å²) in [6.07, 6.45) is 1.06. The van der Waals surface area contributed by atoms with Crippen molar-refractivity contribution in [1.82, 2.24) is 9.97 Å². The molecule has 0 bridgehead atoms. The summed E-state index contributed by atoms with van der Waals surface area (Å²) in [4.78, 5) is 19.9. The maximum atomic E-state index is 12.0. The van der Waals surface area contributed by atoms with E-state index in [4.69, 9.17) is 5.26 Å². The Hall–Kier alpha value is -1.58. The molecule has 104 valence electrons. The number of rotatable bonds is 5. The lowest BCUT2D eigenvalue weighted by Gasteiger charge is -2.06. The fraction of sp³-hybridized carbons (Fsp3) is 0.357. The highest BCUT2D eigenvalue weighted by molar-refractivity contribution is 7.99. The Morgan fingerprint density at radius 3 is 2.95 bits per heavy atom. The Balaban J connectivity index is 2.33. The number of aromatic nitrogens is 2. The number of nitrogens with one attached hydrogen (secondary N) is 1. The molecule has 0 spiro atoms. The number of thiophene rings is 1. The van der Waals surface area contributed by atoms with Crippen molar-refractivity contribution in [3.05, 3.63) is 33.4 Å². The van der Waals surface area contributed by atoms with Gasteiger partial charge in [-0.15, -0.1) is 11.3 Å². The molecule has 0 saturated heterocycles. The summed E-state index contributed by atoms with van der Waals surface area (Å²) in [5.41, 5.74) is 0.205. The second kappa shape index (κ2) is 6.73. The SMILES string of the molecule is CC(C)CCSc1nc(-c2cccs2)c(C#N)c(=O)[nH]1. The molecule has 0 fully saturated rings. The maximum absolute atomic E-state index is 12.0. The van der Waals surface area contributed by atoms with Crippen molar-refractivity contribution in [3.63, 3.8) is 0 Å². The van der Waals surface area contributed by atoms with Crippen molar-refractivity contribution in [2.24, 2.45) is 5.92 Å². The topological polar surface area (TPSA) is 69.5 Å². The molecule has 2 aromatic rings. The fourth-order valence-electron chi connectivity index (χ4n) is 1.61. The van der Waals surface area contributed by atoms with Crippen LogP contribution in [0.25, 0.3) is 10.6 Å².